The first kappa shape index (κ1) is 16.6. The Balaban J connectivity index is 0.00000180. The van der Waals surface area contributed by atoms with Crippen molar-refractivity contribution in [3.8, 4) is 5.75 Å². The number of ether oxygens (including phenoxy) is 1. The van der Waals surface area contributed by atoms with Gasteiger partial charge >= 0.3 is 0 Å². The fourth-order valence-electron chi connectivity index (χ4n) is 2.57. The van der Waals surface area contributed by atoms with Crippen molar-refractivity contribution in [1.82, 2.24) is 0 Å². The minimum Gasteiger partial charge on any atom is -1.00 e. The summed E-state index contributed by atoms with van der Waals surface area (Å²) >= 11 is 5.86. The third-order valence-corrected chi connectivity index (χ3v) is 3.96. The maximum Gasteiger partial charge on any atom is 0.144 e. The smallest absolute Gasteiger partial charge is 0.144 e. The summed E-state index contributed by atoms with van der Waals surface area (Å²) in [5, 5.41) is 0.755. The van der Waals surface area contributed by atoms with E-state index in [0.29, 0.717) is 0 Å². The number of hydrogen-bond donors (Lipinski definition) is 1. The van der Waals surface area contributed by atoms with Crippen LogP contribution in [-0.2, 0) is 0 Å². The van der Waals surface area contributed by atoms with E-state index in [0.717, 1.165) is 23.2 Å². The molecule has 0 aromatic heterocycles. The molecular formula is C15H23Cl2NO. The van der Waals surface area contributed by atoms with Crippen LogP contribution in [0.25, 0.3) is 0 Å². The molecule has 0 aliphatic carbocycles. The lowest BCUT2D eigenvalue weighted by molar-refractivity contribution is -0.908. The Morgan fingerprint density at radius 2 is 1.84 bits per heavy atom. The summed E-state index contributed by atoms with van der Waals surface area (Å²) < 4.78 is 5.92. The van der Waals surface area contributed by atoms with E-state index < -0.39 is 0 Å². The highest BCUT2D eigenvalue weighted by Gasteiger charge is 2.21. The van der Waals surface area contributed by atoms with Crippen molar-refractivity contribution in [1.29, 1.82) is 0 Å². The van der Waals surface area contributed by atoms with Crippen LogP contribution < -0.4 is 22.0 Å². The topological polar surface area (TPSA) is 13.7 Å². The molecule has 1 aliphatic heterocycles. The van der Waals surface area contributed by atoms with Crippen molar-refractivity contribution < 1.29 is 22.0 Å². The van der Waals surface area contributed by atoms with Gasteiger partial charge in [0.1, 0.15) is 18.4 Å². The van der Waals surface area contributed by atoms with E-state index in [1.807, 2.05) is 24.3 Å². The van der Waals surface area contributed by atoms with Gasteiger partial charge in [-0.2, -0.15) is 0 Å². The second kappa shape index (κ2) is 7.98. The van der Waals surface area contributed by atoms with Crippen LogP contribution >= 0.6 is 11.6 Å². The summed E-state index contributed by atoms with van der Waals surface area (Å²) in [7, 11) is 0. The van der Waals surface area contributed by atoms with Gasteiger partial charge in [0.25, 0.3) is 0 Å². The molecule has 1 atom stereocenters. The van der Waals surface area contributed by atoms with E-state index in [4.69, 9.17) is 16.3 Å². The maximum atomic E-state index is 5.92. The van der Waals surface area contributed by atoms with Gasteiger partial charge in [-0.25, -0.2) is 0 Å². The fourth-order valence-corrected chi connectivity index (χ4v) is 2.69. The highest BCUT2D eigenvalue weighted by atomic mass is 35.5. The number of benzene rings is 1. The SMILES string of the molecule is CC1CC[NH+](C[C@@H](C)Oc2ccc(Cl)cc2)CC1.[Cl-]. The van der Waals surface area contributed by atoms with Crippen molar-refractivity contribution in [2.45, 2.75) is 32.8 Å². The molecule has 1 aromatic carbocycles. The molecule has 2 rings (SSSR count). The first-order chi connectivity index (χ1) is 8.63. The lowest BCUT2D eigenvalue weighted by atomic mass is 9.99. The molecule has 0 unspecified atom stereocenters. The van der Waals surface area contributed by atoms with Crippen LogP contribution in [-0.4, -0.2) is 25.7 Å². The summed E-state index contributed by atoms with van der Waals surface area (Å²) in [5.41, 5.74) is 0. The number of hydrogen-bond acceptors (Lipinski definition) is 1. The van der Waals surface area contributed by atoms with E-state index in [1.165, 1.54) is 25.9 Å². The standard InChI is InChI=1S/C15H22ClNO.ClH/c1-12-7-9-17(10-8-12)11-13(2)18-15-5-3-14(16)4-6-15;/h3-6,12-13H,7-11H2,1-2H3;1H/t13-;/m1./s1. The van der Waals surface area contributed by atoms with Gasteiger partial charge in [-0.1, -0.05) is 18.5 Å². The minimum absolute atomic E-state index is 0. The van der Waals surface area contributed by atoms with Crippen molar-refractivity contribution >= 4 is 11.6 Å². The molecule has 2 nitrogen and oxygen atoms in total. The summed E-state index contributed by atoms with van der Waals surface area (Å²) in [5.74, 6) is 1.82. The molecule has 0 saturated carbocycles. The van der Waals surface area contributed by atoms with Crippen LogP contribution in [0.4, 0.5) is 0 Å². The van der Waals surface area contributed by atoms with Crippen molar-refractivity contribution in [3.63, 3.8) is 0 Å². The first-order valence-corrected chi connectivity index (χ1v) is 7.27. The Morgan fingerprint density at radius 1 is 1.26 bits per heavy atom. The summed E-state index contributed by atoms with van der Waals surface area (Å²) in [6.07, 6.45) is 2.96. The monoisotopic (exact) mass is 303 g/mol. The molecule has 19 heavy (non-hydrogen) atoms. The Bertz CT molecular complexity index is 361. The van der Waals surface area contributed by atoms with Crippen molar-refractivity contribution in [2.75, 3.05) is 19.6 Å². The maximum absolute atomic E-state index is 5.92. The molecule has 0 bridgehead atoms. The number of rotatable bonds is 4. The van der Waals surface area contributed by atoms with E-state index in [9.17, 15) is 0 Å². The van der Waals surface area contributed by atoms with Gasteiger partial charge in [0.15, 0.2) is 0 Å². The normalized spacial score (nSPS) is 24.4. The molecule has 1 fully saturated rings. The molecule has 0 spiro atoms. The van der Waals surface area contributed by atoms with Crippen LogP contribution in [0.2, 0.25) is 5.02 Å². The zero-order chi connectivity index (χ0) is 13.0. The first-order valence-electron chi connectivity index (χ1n) is 6.89. The van der Waals surface area contributed by atoms with E-state index in [1.54, 1.807) is 4.90 Å². The van der Waals surface area contributed by atoms with Gasteiger partial charge in [0.2, 0.25) is 0 Å². The molecule has 1 aromatic rings. The predicted molar refractivity (Wildman–Crippen MR) is 75.5 cm³/mol. The largest absolute Gasteiger partial charge is 1.00 e. The average molecular weight is 304 g/mol. The second-order valence-electron chi connectivity index (χ2n) is 5.52. The summed E-state index contributed by atoms with van der Waals surface area (Å²) in [6, 6.07) is 7.62. The average Bonchev–Trinajstić information content (AvgIpc) is 2.35. The van der Waals surface area contributed by atoms with Crippen LogP contribution in [0.3, 0.4) is 0 Å². The van der Waals surface area contributed by atoms with Gasteiger partial charge in [-0.3, -0.25) is 0 Å². The molecule has 4 heteroatoms. The molecule has 1 N–H and O–H groups in total. The molecule has 0 radical (unpaired) electrons. The van der Waals surface area contributed by atoms with E-state index in [2.05, 4.69) is 13.8 Å². The highest BCUT2D eigenvalue weighted by molar-refractivity contribution is 6.30. The van der Waals surface area contributed by atoms with Crippen molar-refractivity contribution in [3.05, 3.63) is 29.3 Å². The Labute approximate surface area is 127 Å². The van der Waals surface area contributed by atoms with E-state index in [-0.39, 0.29) is 18.5 Å². The molecule has 0 amide bonds. The predicted octanol–water partition coefficient (Wildman–Crippen LogP) is -0.574. The zero-order valence-electron chi connectivity index (χ0n) is 11.7. The summed E-state index contributed by atoms with van der Waals surface area (Å²) in [6.45, 7) is 8.17. The zero-order valence-corrected chi connectivity index (χ0v) is 13.2. The van der Waals surface area contributed by atoms with Gasteiger partial charge in [-0.05, 0) is 49.9 Å². The molecule has 1 saturated heterocycles. The minimum atomic E-state index is 0. The highest BCUT2D eigenvalue weighted by Crippen LogP contribution is 2.16. The number of piperidine rings is 1. The van der Waals surface area contributed by atoms with Gasteiger partial charge in [-0.15, -0.1) is 0 Å². The number of halogens is 2. The van der Waals surface area contributed by atoms with Crippen LogP contribution in [0.15, 0.2) is 24.3 Å². The molecular weight excluding hydrogens is 281 g/mol. The Hall–Kier alpha value is -0.440. The number of nitrogens with one attached hydrogen (secondary N) is 1. The van der Waals surface area contributed by atoms with Gasteiger partial charge < -0.3 is 22.0 Å². The number of likely N-dealkylation sites (tertiary alicyclic amines) is 1. The summed E-state index contributed by atoms with van der Waals surface area (Å²) in [4.78, 5) is 1.68. The van der Waals surface area contributed by atoms with Gasteiger partial charge in [0, 0.05) is 5.02 Å². The molecule has 108 valence electrons. The lowest BCUT2D eigenvalue weighted by Gasteiger charge is -2.29. The second-order valence-corrected chi connectivity index (χ2v) is 5.96. The fraction of sp³-hybridized carbons (Fsp3) is 0.600. The third kappa shape index (κ3) is 5.60. The van der Waals surface area contributed by atoms with Gasteiger partial charge in [0.05, 0.1) is 13.1 Å². The lowest BCUT2D eigenvalue weighted by Crippen LogP contribution is -3.14. The molecule has 1 heterocycles. The Kier molecular flexibility index (Phi) is 6.98. The number of quaternary nitrogens is 1. The third-order valence-electron chi connectivity index (χ3n) is 3.71. The van der Waals surface area contributed by atoms with Crippen molar-refractivity contribution in [2.24, 2.45) is 5.92 Å². The van der Waals surface area contributed by atoms with Crippen LogP contribution in [0.5, 0.6) is 5.75 Å². The Morgan fingerprint density at radius 3 is 2.42 bits per heavy atom. The molecule has 1 aliphatic rings. The van der Waals surface area contributed by atoms with Crippen LogP contribution in [0.1, 0.15) is 26.7 Å². The quantitative estimate of drug-likeness (QED) is 0.786. The van der Waals surface area contributed by atoms with Crippen LogP contribution in [0, 0.1) is 5.92 Å². The van der Waals surface area contributed by atoms with E-state index >= 15 is 0 Å².